The maximum Gasteiger partial charge on any atom is 0.223 e. The van der Waals surface area contributed by atoms with Crippen LogP contribution in [0.4, 0.5) is 5.69 Å². The lowest BCUT2D eigenvalue weighted by molar-refractivity contribution is -0.129. The molecular formula is C14H18BrN3O. The van der Waals surface area contributed by atoms with Crippen LogP contribution in [0.2, 0.25) is 0 Å². The molecule has 2 fully saturated rings. The minimum atomic E-state index is 0.323. The molecule has 2 aliphatic rings. The van der Waals surface area contributed by atoms with Gasteiger partial charge in [-0.2, -0.15) is 0 Å². The first-order chi connectivity index (χ1) is 9.19. The predicted molar refractivity (Wildman–Crippen MR) is 79.0 cm³/mol. The smallest absolute Gasteiger partial charge is 0.223 e. The highest BCUT2D eigenvalue weighted by Crippen LogP contribution is 2.29. The first-order valence-electron chi connectivity index (χ1n) is 6.72. The monoisotopic (exact) mass is 323 g/mol. The first kappa shape index (κ1) is 12.9. The highest BCUT2D eigenvalue weighted by atomic mass is 79.9. The first-order valence-corrected chi connectivity index (χ1v) is 7.51. The summed E-state index contributed by atoms with van der Waals surface area (Å²) in [5.74, 6) is 0.323. The Morgan fingerprint density at radius 2 is 2.21 bits per heavy atom. The van der Waals surface area contributed by atoms with E-state index in [0.29, 0.717) is 24.9 Å². The molecule has 1 unspecified atom stereocenters. The minimum Gasteiger partial charge on any atom is -0.368 e. The Labute approximate surface area is 121 Å². The van der Waals surface area contributed by atoms with Gasteiger partial charge in [-0.1, -0.05) is 22.0 Å². The lowest BCUT2D eigenvalue weighted by Gasteiger charge is -2.39. The standard InChI is InChI=1S/C14H18BrN3O/c15-13-7-11(2-1-10(13)8-16)17-5-6-18-12(9-17)3-4-14(18)19/h1-2,7,12H,3-6,8-9,16H2. The molecule has 4 nitrogen and oxygen atoms in total. The average molecular weight is 324 g/mol. The molecule has 2 saturated heterocycles. The van der Waals surface area contributed by atoms with E-state index in [4.69, 9.17) is 5.73 Å². The molecule has 0 aromatic heterocycles. The molecule has 102 valence electrons. The Balaban J connectivity index is 1.77. The van der Waals surface area contributed by atoms with Gasteiger partial charge in [0.05, 0.1) is 0 Å². The average Bonchev–Trinajstić information content (AvgIpc) is 2.80. The van der Waals surface area contributed by atoms with Crippen molar-refractivity contribution >= 4 is 27.5 Å². The number of amides is 1. The van der Waals surface area contributed by atoms with Crippen LogP contribution in [0.3, 0.4) is 0 Å². The fourth-order valence-electron chi connectivity index (χ4n) is 3.00. The van der Waals surface area contributed by atoms with Crippen molar-refractivity contribution in [3.05, 3.63) is 28.2 Å². The normalized spacial score (nSPS) is 22.8. The van der Waals surface area contributed by atoms with E-state index in [0.717, 1.165) is 36.1 Å². The van der Waals surface area contributed by atoms with Gasteiger partial charge in [-0.05, 0) is 24.1 Å². The number of hydrogen-bond donors (Lipinski definition) is 1. The van der Waals surface area contributed by atoms with Crippen molar-refractivity contribution in [2.45, 2.75) is 25.4 Å². The van der Waals surface area contributed by atoms with Crippen LogP contribution in [0, 0.1) is 0 Å². The number of carbonyl (C=O) groups is 1. The Morgan fingerprint density at radius 1 is 1.37 bits per heavy atom. The summed E-state index contributed by atoms with van der Waals surface area (Å²) in [5, 5.41) is 0. The molecule has 19 heavy (non-hydrogen) atoms. The summed E-state index contributed by atoms with van der Waals surface area (Å²) in [6.07, 6.45) is 1.71. The Hall–Kier alpha value is -1.07. The van der Waals surface area contributed by atoms with E-state index in [2.05, 4.69) is 39.0 Å². The molecule has 1 amide bonds. The molecule has 2 aliphatic heterocycles. The van der Waals surface area contributed by atoms with E-state index in [1.54, 1.807) is 0 Å². The quantitative estimate of drug-likeness (QED) is 0.901. The van der Waals surface area contributed by atoms with E-state index < -0.39 is 0 Å². The fraction of sp³-hybridized carbons (Fsp3) is 0.500. The molecule has 2 heterocycles. The van der Waals surface area contributed by atoms with Gasteiger partial charge in [0, 0.05) is 48.8 Å². The lowest BCUT2D eigenvalue weighted by atomic mass is 10.1. The lowest BCUT2D eigenvalue weighted by Crippen LogP contribution is -2.51. The van der Waals surface area contributed by atoms with Gasteiger partial charge in [0.2, 0.25) is 5.91 Å². The number of piperazine rings is 1. The zero-order valence-corrected chi connectivity index (χ0v) is 12.4. The molecule has 0 spiro atoms. The molecule has 0 aliphatic carbocycles. The van der Waals surface area contributed by atoms with Crippen LogP contribution in [-0.4, -0.2) is 36.5 Å². The van der Waals surface area contributed by atoms with Crippen molar-refractivity contribution in [3.63, 3.8) is 0 Å². The van der Waals surface area contributed by atoms with Gasteiger partial charge in [-0.15, -0.1) is 0 Å². The predicted octanol–water partition coefficient (Wildman–Crippen LogP) is 1.72. The molecule has 1 aromatic carbocycles. The Morgan fingerprint density at radius 3 is 2.95 bits per heavy atom. The number of nitrogens with two attached hydrogens (primary N) is 1. The molecule has 0 radical (unpaired) electrons. The van der Waals surface area contributed by atoms with Crippen molar-refractivity contribution in [1.29, 1.82) is 0 Å². The van der Waals surface area contributed by atoms with Crippen LogP contribution in [0.25, 0.3) is 0 Å². The molecular weight excluding hydrogens is 306 g/mol. The Bertz CT molecular complexity index is 505. The number of fused-ring (bicyclic) bond motifs is 1. The molecule has 1 atom stereocenters. The second kappa shape index (κ2) is 5.13. The molecule has 3 rings (SSSR count). The van der Waals surface area contributed by atoms with Crippen molar-refractivity contribution in [3.8, 4) is 0 Å². The van der Waals surface area contributed by atoms with E-state index >= 15 is 0 Å². The van der Waals surface area contributed by atoms with Gasteiger partial charge in [0.1, 0.15) is 0 Å². The van der Waals surface area contributed by atoms with Gasteiger partial charge in [-0.25, -0.2) is 0 Å². The zero-order valence-electron chi connectivity index (χ0n) is 10.8. The van der Waals surface area contributed by atoms with Crippen molar-refractivity contribution in [2.75, 3.05) is 24.5 Å². The van der Waals surface area contributed by atoms with Crippen LogP contribution in [-0.2, 0) is 11.3 Å². The van der Waals surface area contributed by atoms with Crippen molar-refractivity contribution in [1.82, 2.24) is 4.90 Å². The summed E-state index contributed by atoms with van der Waals surface area (Å²) in [6, 6.07) is 6.73. The molecule has 2 N–H and O–H groups in total. The third kappa shape index (κ3) is 2.37. The summed E-state index contributed by atoms with van der Waals surface area (Å²) >= 11 is 3.57. The number of hydrogen-bond acceptors (Lipinski definition) is 3. The van der Waals surface area contributed by atoms with Crippen molar-refractivity contribution < 1.29 is 4.79 Å². The molecule has 1 aromatic rings. The van der Waals surface area contributed by atoms with Crippen LogP contribution in [0.5, 0.6) is 0 Å². The largest absolute Gasteiger partial charge is 0.368 e. The minimum absolute atomic E-state index is 0.323. The van der Waals surface area contributed by atoms with Gasteiger partial charge in [0.25, 0.3) is 0 Å². The van der Waals surface area contributed by atoms with Gasteiger partial charge < -0.3 is 15.5 Å². The van der Waals surface area contributed by atoms with E-state index in [-0.39, 0.29) is 0 Å². The number of rotatable bonds is 2. The number of halogens is 1. The van der Waals surface area contributed by atoms with Crippen molar-refractivity contribution in [2.24, 2.45) is 5.73 Å². The highest BCUT2D eigenvalue weighted by Gasteiger charge is 2.35. The maximum atomic E-state index is 11.7. The third-order valence-corrected chi connectivity index (χ3v) is 4.85. The second-order valence-corrected chi connectivity index (χ2v) is 6.06. The number of benzene rings is 1. The molecule has 0 bridgehead atoms. The summed E-state index contributed by atoms with van der Waals surface area (Å²) in [6.45, 7) is 3.25. The highest BCUT2D eigenvalue weighted by molar-refractivity contribution is 9.10. The SMILES string of the molecule is NCc1ccc(N2CCN3C(=O)CCC3C2)cc1Br. The summed E-state index contributed by atoms with van der Waals surface area (Å²) in [4.78, 5) is 16.1. The van der Waals surface area contributed by atoms with Gasteiger partial charge in [0.15, 0.2) is 0 Å². The summed E-state index contributed by atoms with van der Waals surface area (Å²) < 4.78 is 1.07. The number of carbonyl (C=O) groups excluding carboxylic acids is 1. The van der Waals surface area contributed by atoms with Crippen LogP contribution >= 0.6 is 15.9 Å². The second-order valence-electron chi connectivity index (χ2n) is 5.21. The summed E-state index contributed by atoms with van der Waals surface area (Å²) in [7, 11) is 0. The number of anilines is 1. The van der Waals surface area contributed by atoms with Gasteiger partial charge >= 0.3 is 0 Å². The molecule has 0 saturated carbocycles. The van der Waals surface area contributed by atoms with Crippen LogP contribution in [0.1, 0.15) is 18.4 Å². The summed E-state index contributed by atoms with van der Waals surface area (Å²) in [5.41, 5.74) is 8.01. The topological polar surface area (TPSA) is 49.6 Å². The van der Waals surface area contributed by atoms with E-state index in [1.165, 1.54) is 5.69 Å². The van der Waals surface area contributed by atoms with Gasteiger partial charge in [-0.3, -0.25) is 4.79 Å². The third-order valence-electron chi connectivity index (χ3n) is 4.12. The zero-order chi connectivity index (χ0) is 13.4. The fourth-order valence-corrected chi connectivity index (χ4v) is 3.53. The Kier molecular flexibility index (Phi) is 3.50. The molecule has 5 heteroatoms. The maximum absolute atomic E-state index is 11.7. The van der Waals surface area contributed by atoms with E-state index in [9.17, 15) is 4.79 Å². The number of nitrogens with zero attached hydrogens (tertiary/aromatic N) is 2. The van der Waals surface area contributed by atoms with E-state index in [1.807, 2.05) is 4.90 Å². The van der Waals surface area contributed by atoms with Crippen LogP contribution in [0.15, 0.2) is 22.7 Å². The van der Waals surface area contributed by atoms with Crippen LogP contribution < -0.4 is 10.6 Å².